The SMILES string of the molecule is COc1ccc(Cn2c(N)c(C(=O)NC3CC3)c3nc4ccccc4nc32)cc1. The second kappa shape index (κ2) is 6.77. The molecule has 0 unspecified atom stereocenters. The molecule has 0 saturated heterocycles. The Labute approximate surface area is 167 Å². The number of nitrogen functional groups attached to an aromatic ring is 1. The first-order valence-corrected chi connectivity index (χ1v) is 9.62. The van der Waals surface area contributed by atoms with Crippen LogP contribution in [-0.2, 0) is 6.54 Å². The van der Waals surface area contributed by atoms with Crippen LogP contribution in [-0.4, -0.2) is 33.6 Å². The van der Waals surface area contributed by atoms with Gasteiger partial charge in [0.25, 0.3) is 5.91 Å². The lowest BCUT2D eigenvalue weighted by Gasteiger charge is -2.09. The number of carbonyl (C=O) groups excluding carboxylic acids is 1. The van der Waals surface area contributed by atoms with Gasteiger partial charge in [-0.2, -0.15) is 0 Å². The van der Waals surface area contributed by atoms with E-state index >= 15 is 0 Å². The van der Waals surface area contributed by atoms with E-state index in [1.54, 1.807) is 7.11 Å². The van der Waals surface area contributed by atoms with Crippen molar-refractivity contribution in [3.8, 4) is 5.75 Å². The fraction of sp³-hybridized carbons (Fsp3) is 0.227. The van der Waals surface area contributed by atoms with Crippen molar-refractivity contribution in [2.45, 2.75) is 25.4 Å². The smallest absolute Gasteiger partial charge is 0.257 e. The van der Waals surface area contributed by atoms with Crippen LogP contribution < -0.4 is 15.8 Å². The number of aromatic nitrogens is 3. The van der Waals surface area contributed by atoms with Gasteiger partial charge in [-0.15, -0.1) is 0 Å². The summed E-state index contributed by atoms with van der Waals surface area (Å²) in [6.07, 6.45) is 2.01. The molecule has 1 aliphatic carbocycles. The van der Waals surface area contributed by atoms with Crippen LogP contribution in [0, 0.1) is 0 Å². The molecule has 0 aliphatic heterocycles. The van der Waals surface area contributed by atoms with Crippen LogP contribution in [0.2, 0.25) is 0 Å². The van der Waals surface area contributed by atoms with E-state index in [0.717, 1.165) is 35.2 Å². The number of fused-ring (bicyclic) bond motifs is 2. The summed E-state index contributed by atoms with van der Waals surface area (Å²) in [7, 11) is 1.64. The highest BCUT2D eigenvalue weighted by Gasteiger charge is 2.29. The van der Waals surface area contributed by atoms with Gasteiger partial charge in [-0.25, -0.2) is 9.97 Å². The first kappa shape index (κ1) is 17.5. The largest absolute Gasteiger partial charge is 0.497 e. The Bertz CT molecular complexity index is 1230. The number of ether oxygens (including phenoxy) is 1. The zero-order chi connectivity index (χ0) is 20.0. The van der Waals surface area contributed by atoms with E-state index in [1.165, 1.54) is 0 Å². The number of rotatable bonds is 5. The van der Waals surface area contributed by atoms with Gasteiger partial charge in [0.05, 0.1) is 24.7 Å². The highest BCUT2D eigenvalue weighted by atomic mass is 16.5. The second-order valence-electron chi connectivity index (χ2n) is 7.33. The molecule has 2 aromatic carbocycles. The molecule has 7 nitrogen and oxygen atoms in total. The minimum absolute atomic E-state index is 0.187. The van der Waals surface area contributed by atoms with E-state index in [2.05, 4.69) is 5.32 Å². The fourth-order valence-electron chi connectivity index (χ4n) is 3.50. The summed E-state index contributed by atoms with van der Waals surface area (Å²) in [5, 5.41) is 3.03. The van der Waals surface area contributed by atoms with Crippen LogP contribution in [0.3, 0.4) is 0 Å². The minimum Gasteiger partial charge on any atom is -0.497 e. The Morgan fingerprint density at radius 2 is 1.83 bits per heavy atom. The summed E-state index contributed by atoms with van der Waals surface area (Å²) < 4.78 is 7.09. The highest BCUT2D eigenvalue weighted by Crippen LogP contribution is 2.30. The quantitative estimate of drug-likeness (QED) is 0.549. The fourth-order valence-corrected chi connectivity index (χ4v) is 3.50. The Hall–Kier alpha value is -3.61. The third kappa shape index (κ3) is 3.14. The maximum absolute atomic E-state index is 12.9. The number of amides is 1. The second-order valence-corrected chi connectivity index (χ2v) is 7.33. The number of hydrogen-bond donors (Lipinski definition) is 2. The van der Waals surface area contributed by atoms with E-state index in [9.17, 15) is 4.79 Å². The number of methoxy groups -OCH3 is 1. The normalized spacial score (nSPS) is 13.7. The number of carbonyl (C=O) groups is 1. The molecule has 5 rings (SSSR count). The average Bonchev–Trinajstić information content (AvgIpc) is 3.51. The molecule has 1 amide bonds. The molecule has 2 heterocycles. The molecule has 29 heavy (non-hydrogen) atoms. The summed E-state index contributed by atoms with van der Waals surface area (Å²) in [5.41, 5.74) is 10.6. The van der Waals surface area contributed by atoms with Crippen molar-refractivity contribution >= 4 is 33.9 Å². The number of nitrogens with zero attached hydrogens (tertiary/aromatic N) is 3. The first-order valence-electron chi connectivity index (χ1n) is 9.62. The maximum atomic E-state index is 12.9. The van der Waals surface area contributed by atoms with Gasteiger partial charge in [-0.3, -0.25) is 4.79 Å². The molecule has 146 valence electrons. The summed E-state index contributed by atoms with van der Waals surface area (Å²) in [4.78, 5) is 22.4. The topological polar surface area (TPSA) is 95.1 Å². The molecule has 7 heteroatoms. The summed E-state index contributed by atoms with van der Waals surface area (Å²) in [6, 6.07) is 15.6. The van der Waals surface area contributed by atoms with E-state index in [1.807, 2.05) is 53.1 Å². The Kier molecular flexibility index (Phi) is 4.08. The lowest BCUT2D eigenvalue weighted by Crippen LogP contribution is -2.26. The zero-order valence-corrected chi connectivity index (χ0v) is 16.1. The summed E-state index contributed by atoms with van der Waals surface area (Å²) in [6.45, 7) is 0.482. The van der Waals surface area contributed by atoms with Crippen LogP contribution in [0.4, 0.5) is 5.82 Å². The van der Waals surface area contributed by atoms with Crippen molar-refractivity contribution in [2.75, 3.05) is 12.8 Å². The van der Waals surface area contributed by atoms with Gasteiger partial charge in [-0.05, 0) is 42.7 Å². The molecule has 1 saturated carbocycles. The van der Waals surface area contributed by atoms with Crippen LogP contribution in [0.25, 0.3) is 22.2 Å². The maximum Gasteiger partial charge on any atom is 0.257 e. The molecule has 0 spiro atoms. The molecule has 3 N–H and O–H groups in total. The highest BCUT2D eigenvalue weighted by molar-refractivity contribution is 6.10. The van der Waals surface area contributed by atoms with Crippen LogP contribution in [0.5, 0.6) is 5.75 Å². The van der Waals surface area contributed by atoms with Crippen molar-refractivity contribution in [3.63, 3.8) is 0 Å². The van der Waals surface area contributed by atoms with Gasteiger partial charge in [0.1, 0.15) is 22.6 Å². The van der Waals surface area contributed by atoms with Gasteiger partial charge < -0.3 is 20.4 Å². The number of nitrogens with two attached hydrogens (primary N) is 1. The monoisotopic (exact) mass is 387 g/mol. The molecule has 0 atom stereocenters. The minimum atomic E-state index is -0.187. The predicted octanol–water partition coefficient (Wildman–Crippen LogP) is 3.12. The Balaban J connectivity index is 1.67. The molecule has 2 aromatic heterocycles. The van der Waals surface area contributed by atoms with Crippen molar-refractivity contribution in [3.05, 3.63) is 59.7 Å². The van der Waals surface area contributed by atoms with E-state index in [4.69, 9.17) is 20.4 Å². The van der Waals surface area contributed by atoms with Gasteiger partial charge >= 0.3 is 0 Å². The lowest BCUT2D eigenvalue weighted by atomic mass is 10.2. The van der Waals surface area contributed by atoms with Crippen molar-refractivity contribution < 1.29 is 9.53 Å². The van der Waals surface area contributed by atoms with Crippen molar-refractivity contribution in [2.24, 2.45) is 0 Å². The molecule has 4 aromatic rings. The molecule has 1 aliphatic rings. The number of hydrogen-bond acceptors (Lipinski definition) is 5. The van der Waals surface area contributed by atoms with Crippen LogP contribution in [0.1, 0.15) is 28.8 Å². The van der Waals surface area contributed by atoms with Crippen LogP contribution >= 0.6 is 0 Å². The molecule has 0 radical (unpaired) electrons. The molecular formula is C22H21N5O2. The zero-order valence-electron chi connectivity index (χ0n) is 16.1. The van der Waals surface area contributed by atoms with E-state index in [-0.39, 0.29) is 11.9 Å². The Morgan fingerprint density at radius 3 is 2.48 bits per heavy atom. The Morgan fingerprint density at radius 1 is 1.14 bits per heavy atom. The van der Waals surface area contributed by atoms with Gasteiger partial charge in [-0.1, -0.05) is 24.3 Å². The number of benzene rings is 2. The van der Waals surface area contributed by atoms with E-state index < -0.39 is 0 Å². The molecule has 1 fully saturated rings. The van der Waals surface area contributed by atoms with E-state index in [0.29, 0.717) is 29.1 Å². The standard InChI is InChI=1S/C22H21N5O2/c1-29-15-10-6-13(7-11-15)12-27-20(23)18(22(28)24-14-8-9-14)19-21(27)26-17-5-3-2-4-16(17)25-19/h2-7,10-11,14H,8-9,12,23H2,1H3,(H,24,28). The molecular weight excluding hydrogens is 366 g/mol. The number of anilines is 1. The van der Waals surface area contributed by atoms with Gasteiger partial charge in [0, 0.05) is 6.04 Å². The van der Waals surface area contributed by atoms with Gasteiger partial charge in [0.15, 0.2) is 5.65 Å². The summed E-state index contributed by atoms with van der Waals surface area (Å²) in [5.74, 6) is 0.978. The number of para-hydroxylation sites is 2. The predicted molar refractivity (Wildman–Crippen MR) is 112 cm³/mol. The number of nitrogens with one attached hydrogen (secondary N) is 1. The lowest BCUT2D eigenvalue weighted by molar-refractivity contribution is 0.0953. The average molecular weight is 387 g/mol. The third-order valence-corrected chi connectivity index (χ3v) is 5.23. The van der Waals surface area contributed by atoms with Crippen molar-refractivity contribution in [1.82, 2.24) is 19.9 Å². The van der Waals surface area contributed by atoms with Crippen LogP contribution in [0.15, 0.2) is 48.5 Å². The first-order chi connectivity index (χ1) is 14.1. The molecule has 0 bridgehead atoms. The van der Waals surface area contributed by atoms with Crippen molar-refractivity contribution in [1.29, 1.82) is 0 Å². The van der Waals surface area contributed by atoms with Gasteiger partial charge in [0.2, 0.25) is 0 Å². The third-order valence-electron chi connectivity index (χ3n) is 5.23. The summed E-state index contributed by atoms with van der Waals surface area (Å²) >= 11 is 0.